The minimum atomic E-state index is -0.397. The fourth-order valence-corrected chi connectivity index (χ4v) is 2.14. The average molecular weight is 293 g/mol. The molecular formula is C13H12FN3O2S. The molecule has 1 aromatic carbocycles. The largest absolute Gasteiger partial charge is 0.301 e. The molecule has 0 saturated carbocycles. The number of rotatable bonds is 5. The van der Waals surface area contributed by atoms with Gasteiger partial charge < -0.3 is 5.32 Å². The Bertz CT molecular complexity index is 625. The Kier molecular flexibility index (Phi) is 4.52. The molecule has 1 amide bonds. The molecule has 1 aromatic heterocycles. The monoisotopic (exact) mass is 293 g/mol. The summed E-state index contributed by atoms with van der Waals surface area (Å²) in [6.45, 7) is 1.78. The van der Waals surface area contributed by atoms with Gasteiger partial charge in [-0.15, -0.1) is 10.2 Å². The molecule has 0 aliphatic heterocycles. The Morgan fingerprint density at radius 2 is 1.90 bits per heavy atom. The van der Waals surface area contributed by atoms with Gasteiger partial charge in [0.2, 0.25) is 11.0 Å². The van der Waals surface area contributed by atoms with Crippen LogP contribution >= 0.6 is 11.3 Å². The van der Waals surface area contributed by atoms with Gasteiger partial charge in [0.05, 0.1) is 0 Å². The third-order valence-electron chi connectivity index (χ3n) is 2.52. The van der Waals surface area contributed by atoms with Crippen molar-refractivity contribution in [1.29, 1.82) is 0 Å². The highest BCUT2D eigenvalue weighted by atomic mass is 32.1. The lowest BCUT2D eigenvalue weighted by atomic mass is 10.1. The molecule has 0 atom stereocenters. The predicted molar refractivity (Wildman–Crippen MR) is 73.2 cm³/mol. The van der Waals surface area contributed by atoms with E-state index < -0.39 is 5.82 Å². The van der Waals surface area contributed by atoms with Gasteiger partial charge in [0, 0.05) is 18.4 Å². The van der Waals surface area contributed by atoms with Crippen LogP contribution in [-0.2, 0) is 4.79 Å². The Labute approximate surface area is 118 Å². The van der Waals surface area contributed by atoms with Crippen molar-refractivity contribution in [2.45, 2.75) is 19.8 Å². The minimum absolute atomic E-state index is 0.0504. The summed E-state index contributed by atoms with van der Waals surface area (Å²) in [5, 5.41) is 11.3. The smallest absolute Gasteiger partial charge is 0.226 e. The zero-order valence-electron chi connectivity index (χ0n) is 10.7. The van der Waals surface area contributed by atoms with E-state index in [1.807, 2.05) is 0 Å². The normalized spacial score (nSPS) is 10.3. The highest BCUT2D eigenvalue weighted by molar-refractivity contribution is 7.15. The molecule has 104 valence electrons. The molecule has 20 heavy (non-hydrogen) atoms. The molecule has 2 aromatic rings. The Morgan fingerprint density at radius 3 is 2.50 bits per heavy atom. The fraction of sp³-hybridized carbons (Fsp3) is 0.231. The van der Waals surface area contributed by atoms with Crippen molar-refractivity contribution >= 4 is 28.2 Å². The zero-order chi connectivity index (χ0) is 14.5. The van der Waals surface area contributed by atoms with Crippen LogP contribution in [0, 0.1) is 12.7 Å². The fourth-order valence-electron chi connectivity index (χ4n) is 1.54. The molecule has 1 heterocycles. The third kappa shape index (κ3) is 3.92. The number of aromatic nitrogens is 2. The van der Waals surface area contributed by atoms with E-state index in [-0.39, 0.29) is 24.5 Å². The second-order valence-corrected chi connectivity index (χ2v) is 5.29. The molecular weight excluding hydrogens is 281 g/mol. The number of benzene rings is 1. The van der Waals surface area contributed by atoms with E-state index in [0.29, 0.717) is 10.7 Å². The van der Waals surface area contributed by atoms with Crippen molar-refractivity contribution < 1.29 is 14.0 Å². The lowest BCUT2D eigenvalue weighted by Crippen LogP contribution is -2.13. The second kappa shape index (κ2) is 6.33. The molecule has 0 fully saturated rings. The van der Waals surface area contributed by atoms with Crippen LogP contribution in [0.3, 0.4) is 0 Å². The first kappa shape index (κ1) is 14.3. The molecule has 0 unspecified atom stereocenters. The number of halogens is 1. The highest BCUT2D eigenvalue weighted by Crippen LogP contribution is 2.14. The van der Waals surface area contributed by atoms with Gasteiger partial charge in [-0.1, -0.05) is 11.3 Å². The first-order valence-corrected chi connectivity index (χ1v) is 6.75. The van der Waals surface area contributed by atoms with Crippen LogP contribution in [0.25, 0.3) is 0 Å². The minimum Gasteiger partial charge on any atom is -0.301 e. The summed E-state index contributed by atoms with van der Waals surface area (Å²) in [5.41, 5.74) is 0.394. The molecule has 0 aliphatic carbocycles. The molecule has 0 spiro atoms. The van der Waals surface area contributed by atoms with Crippen molar-refractivity contribution in [1.82, 2.24) is 10.2 Å². The predicted octanol–water partition coefficient (Wildman–Crippen LogP) is 2.59. The number of ketones is 1. The van der Waals surface area contributed by atoms with E-state index in [1.54, 1.807) is 6.92 Å². The van der Waals surface area contributed by atoms with Crippen LogP contribution in [0.1, 0.15) is 28.2 Å². The summed E-state index contributed by atoms with van der Waals surface area (Å²) in [5.74, 6) is -0.892. The van der Waals surface area contributed by atoms with Crippen LogP contribution in [0.4, 0.5) is 9.52 Å². The van der Waals surface area contributed by atoms with Gasteiger partial charge in [-0.05, 0) is 31.2 Å². The van der Waals surface area contributed by atoms with Gasteiger partial charge in [-0.25, -0.2) is 4.39 Å². The summed E-state index contributed by atoms with van der Waals surface area (Å²) in [4.78, 5) is 23.4. The van der Waals surface area contributed by atoms with Crippen LogP contribution in [0.5, 0.6) is 0 Å². The Hall–Kier alpha value is -2.15. The van der Waals surface area contributed by atoms with Crippen molar-refractivity contribution in [2.75, 3.05) is 5.32 Å². The number of carbonyl (C=O) groups excluding carboxylic acids is 2. The van der Waals surface area contributed by atoms with Crippen molar-refractivity contribution in [3.8, 4) is 0 Å². The second-order valence-electron chi connectivity index (χ2n) is 4.10. The topological polar surface area (TPSA) is 72.0 Å². The van der Waals surface area contributed by atoms with Crippen LogP contribution in [-0.4, -0.2) is 21.9 Å². The first-order valence-electron chi connectivity index (χ1n) is 5.93. The van der Waals surface area contributed by atoms with Gasteiger partial charge in [0.15, 0.2) is 5.78 Å². The van der Waals surface area contributed by atoms with Gasteiger partial charge in [-0.2, -0.15) is 0 Å². The number of hydrogen-bond donors (Lipinski definition) is 1. The third-order valence-corrected chi connectivity index (χ3v) is 3.27. The van der Waals surface area contributed by atoms with Crippen molar-refractivity contribution in [2.24, 2.45) is 0 Å². The number of amides is 1. The molecule has 0 saturated heterocycles. The van der Waals surface area contributed by atoms with Crippen LogP contribution < -0.4 is 5.32 Å². The van der Waals surface area contributed by atoms with Crippen molar-refractivity contribution in [3.05, 3.63) is 40.7 Å². The SMILES string of the molecule is Cc1nnc(NC(=O)CCC(=O)c2ccc(F)cc2)s1. The quantitative estimate of drug-likeness (QED) is 0.860. The van der Waals surface area contributed by atoms with E-state index in [2.05, 4.69) is 15.5 Å². The highest BCUT2D eigenvalue weighted by Gasteiger charge is 2.11. The maximum absolute atomic E-state index is 12.7. The zero-order valence-corrected chi connectivity index (χ0v) is 11.5. The maximum Gasteiger partial charge on any atom is 0.226 e. The molecule has 0 radical (unpaired) electrons. The number of nitrogens with one attached hydrogen (secondary N) is 1. The Morgan fingerprint density at radius 1 is 1.20 bits per heavy atom. The molecule has 0 aliphatic rings. The van der Waals surface area contributed by atoms with Crippen molar-refractivity contribution in [3.63, 3.8) is 0 Å². The number of carbonyl (C=O) groups is 2. The van der Waals surface area contributed by atoms with Crippen LogP contribution in [0.2, 0.25) is 0 Å². The van der Waals surface area contributed by atoms with E-state index in [9.17, 15) is 14.0 Å². The summed E-state index contributed by atoms with van der Waals surface area (Å²) in [6, 6.07) is 5.25. The molecule has 1 N–H and O–H groups in total. The van der Waals surface area contributed by atoms with E-state index in [1.165, 1.54) is 35.6 Å². The molecule has 2 rings (SSSR count). The first-order chi connectivity index (χ1) is 9.54. The number of hydrogen-bond acceptors (Lipinski definition) is 5. The summed E-state index contributed by atoms with van der Waals surface area (Å²) >= 11 is 1.27. The molecule has 7 heteroatoms. The molecule has 0 bridgehead atoms. The Balaban J connectivity index is 1.84. The summed E-state index contributed by atoms with van der Waals surface area (Å²) in [6.07, 6.45) is 0.115. The van der Waals surface area contributed by atoms with Gasteiger partial charge >= 0.3 is 0 Å². The van der Waals surface area contributed by atoms with E-state index in [4.69, 9.17) is 0 Å². The van der Waals surface area contributed by atoms with Gasteiger partial charge in [0.1, 0.15) is 10.8 Å². The van der Waals surface area contributed by atoms with Crippen LogP contribution in [0.15, 0.2) is 24.3 Å². The molecule has 5 nitrogen and oxygen atoms in total. The van der Waals surface area contributed by atoms with Gasteiger partial charge in [-0.3, -0.25) is 9.59 Å². The number of aryl methyl sites for hydroxylation is 1. The average Bonchev–Trinajstić information content (AvgIpc) is 2.82. The summed E-state index contributed by atoms with van der Waals surface area (Å²) < 4.78 is 12.7. The number of nitrogens with zero attached hydrogens (tertiary/aromatic N) is 2. The van der Waals surface area contributed by atoms with E-state index in [0.717, 1.165) is 5.01 Å². The lowest BCUT2D eigenvalue weighted by molar-refractivity contribution is -0.116. The number of anilines is 1. The standard InChI is InChI=1S/C13H12FN3O2S/c1-8-16-17-13(20-8)15-12(19)7-6-11(18)9-2-4-10(14)5-3-9/h2-5H,6-7H2,1H3,(H,15,17,19). The van der Waals surface area contributed by atoms with Gasteiger partial charge in [0.25, 0.3) is 0 Å². The maximum atomic E-state index is 12.7. The lowest BCUT2D eigenvalue weighted by Gasteiger charge is -2.01. The van der Waals surface area contributed by atoms with E-state index >= 15 is 0 Å². The number of Topliss-reactive ketones (excluding diaryl/α,β-unsaturated/α-hetero) is 1. The summed E-state index contributed by atoms with van der Waals surface area (Å²) in [7, 11) is 0.